The Labute approximate surface area is 104 Å². The van der Waals surface area contributed by atoms with Gasteiger partial charge in [0.25, 0.3) is 0 Å². The number of alkyl halides is 3. The minimum Gasteiger partial charge on any atom is -0.385 e. The van der Waals surface area contributed by atoms with Gasteiger partial charge in [-0.2, -0.15) is 13.2 Å². The normalized spacial score (nSPS) is 13.4. The van der Waals surface area contributed by atoms with Crippen LogP contribution in [0.5, 0.6) is 0 Å². The largest absolute Gasteiger partial charge is 0.416 e. The Hall–Kier alpha value is -1.27. The fourth-order valence-corrected chi connectivity index (χ4v) is 1.48. The summed E-state index contributed by atoms with van der Waals surface area (Å²) in [5, 5.41) is 3.01. The van der Waals surface area contributed by atoms with Crippen LogP contribution in [0.1, 0.15) is 12.0 Å². The molecule has 102 valence electrons. The summed E-state index contributed by atoms with van der Waals surface area (Å²) >= 11 is 0. The number of hydrogen-bond donors (Lipinski definition) is 2. The Morgan fingerprint density at radius 3 is 2.39 bits per heavy atom. The lowest BCUT2D eigenvalue weighted by atomic mass is 10.2. The van der Waals surface area contributed by atoms with Gasteiger partial charge in [0.2, 0.25) is 0 Å². The number of rotatable bonds is 6. The number of hydrogen-bond acceptors (Lipinski definition) is 3. The average molecular weight is 262 g/mol. The molecule has 0 amide bonds. The maximum Gasteiger partial charge on any atom is 0.416 e. The summed E-state index contributed by atoms with van der Waals surface area (Å²) in [6.45, 7) is 1.06. The van der Waals surface area contributed by atoms with Crippen LogP contribution < -0.4 is 11.1 Å². The third kappa shape index (κ3) is 4.93. The molecular weight excluding hydrogens is 245 g/mol. The number of ether oxygens (including phenoxy) is 1. The van der Waals surface area contributed by atoms with Crippen LogP contribution in [0.25, 0.3) is 0 Å². The highest BCUT2D eigenvalue weighted by Gasteiger charge is 2.29. The van der Waals surface area contributed by atoms with Crippen LogP contribution in [0.4, 0.5) is 18.9 Å². The highest BCUT2D eigenvalue weighted by Crippen LogP contribution is 2.29. The van der Waals surface area contributed by atoms with Crippen LogP contribution in [-0.4, -0.2) is 26.3 Å². The van der Waals surface area contributed by atoms with Gasteiger partial charge in [-0.3, -0.25) is 0 Å². The Bertz CT molecular complexity index is 351. The second kappa shape index (κ2) is 6.61. The third-order valence-electron chi connectivity index (χ3n) is 2.44. The molecule has 1 aromatic rings. The van der Waals surface area contributed by atoms with Crippen molar-refractivity contribution in [3.8, 4) is 0 Å². The molecule has 18 heavy (non-hydrogen) atoms. The van der Waals surface area contributed by atoms with Crippen LogP contribution >= 0.6 is 0 Å². The van der Waals surface area contributed by atoms with Gasteiger partial charge in [0.15, 0.2) is 0 Å². The van der Waals surface area contributed by atoms with E-state index in [0.29, 0.717) is 25.3 Å². The highest BCUT2D eigenvalue weighted by molar-refractivity contribution is 5.45. The summed E-state index contributed by atoms with van der Waals surface area (Å²) in [5.41, 5.74) is 5.71. The van der Waals surface area contributed by atoms with Crippen molar-refractivity contribution in [3.63, 3.8) is 0 Å². The Morgan fingerprint density at radius 1 is 1.28 bits per heavy atom. The Morgan fingerprint density at radius 2 is 1.89 bits per heavy atom. The molecule has 0 aromatic heterocycles. The molecule has 0 heterocycles. The van der Waals surface area contributed by atoms with Crippen molar-refractivity contribution >= 4 is 5.69 Å². The molecular formula is C12H17F3N2O. The standard InChI is InChI=1S/C12H17F3N2O/c1-18-8-10(16)6-7-17-11-4-2-9(3-5-11)12(13,14)15/h2-5,10,17H,6-8,16H2,1H3. The number of methoxy groups -OCH3 is 1. The minimum absolute atomic E-state index is 0.0723. The molecule has 6 heteroatoms. The summed E-state index contributed by atoms with van der Waals surface area (Å²) in [5.74, 6) is 0. The van der Waals surface area contributed by atoms with Crippen LogP contribution in [0.3, 0.4) is 0 Å². The molecule has 0 radical (unpaired) electrons. The topological polar surface area (TPSA) is 47.3 Å². The van der Waals surface area contributed by atoms with E-state index in [2.05, 4.69) is 5.32 Å². The molecule has 1 rings (SSSR count). The van der Waals surface area contributed by atoms with Crippen LogP contribution in [0.15, 0.2) is 24.3 Å². The molecule has 0 aliphatic carbocycles. The first kappa shape index (κ1) is 14.8. The molecule has 0 bridgehead atoms. The van der Waals surface area contributed by atoms with Crippen LogP contribution in [-0.2, 0) is 10.9 Å². The first-order valence-corrected chi connectivity index (χ1v) is 5.59. The number of nitrogens with two attached hydrogens (primary N) is 1. The lowest BCUT2D eigenvalue weighted by Gasteiger charge is -2.12. The maximum absolute atomic E-state index is 12.3. The van der Waals surface area contributed by atoms with Gasteiger partial charge in [-0.05, 0) is 30.7 Å². The van der Waals surface area contributed by atoms with Crippen molar-refractivity contribution in [2.75, 3.05) is 25.6 Å². The molecule has 1 unspecified atom stereocenters. The van der Waals surface area contributed by atoms with E-state index in [1.54, 1.807) is 7.11 Å². The summed E-state index contributed by atoms with van der Waals surface area (Å²) < 4.78 is 41.8. The highest BCUT2D eigenvalue weighted by atomic mass is 19.4. The average Bonchev–Trinajstić information content (AvgIpc) is 2.29. The van der Waals surface area contributed by atoms with Crippen molar-refractivity contribution in [2.45, 2.75) is 18.6 Å². The molecule has 0 spiro atoms. The third-order valence-corrected chi connectivity index (χ3v) is 2.44. The van der Waals surface area contributed by atoms with Crippen molar-refractivity contribution in [1.82, 2.24) is 0 Å². The van der Waals surface area contributed by atoms with E-state index in [1.807, 2.05) is 0 Å². The zero-order valence-electron chi connectivity index (χ0n) is 10.1. The molecule has 3 N–H and O–H groups in total. The summed E-state index contributed by atoms with van der Waals surface area (Å²) in [4.78, 5) is 0. The van der Waals surface area contributed by atoms with E-state index in [4.69, 9.17) is 10.5 Å². The zero-order chi connectivity index (χ0) is 13.6. The van der Waals surface area contributed by atoms with Gasteiger partial charge < -0.3 is 15.8 Å². The molecule has 0 aliphatic rings. The van der Waals surface area contributed by atoms with Crippen molar-refractivity contribution in [2.24, 2.45) is 5.73 Å². The van der Waals surface area contributed by atoms with Gasteiger partial charge in [0.05, 0.1) is 12.2 Å². The minimum atomic E-state index is -4.29. The van der Waals surface area contributed by atoms with Gasteiger partial charge in [-0.15, -0.1) is 0 Å². The summed E-state index contributed by atoms with van der Waals surface area (Å²) in [6, 6.07) is 4.85. The van der Waals surface area contributed by atoms with Gasteiger partial charge in [0.1, 0.15) is 0 Å². The number of halogens is 3. The van der Waals surface area contributed by atoms with Gasteiger partial charge in [-0.1, -0.05) is 0 Å². The summed E-state index contributed by atoms with van der Waals surface area (Å²) in [6.07, 6.45) is -3.60. The predicted octanol–water partition coefficient (Wildman–Crippen LogP) is 2.48. The maximum atomic E-state index is 12.3. The molecule has 3 nitrogen and oxygen atoms in total. The van der Waals surface area contributed by atoms with Crippen molar-refractivity contribution < 1.29 is 17.9 Å². The van der Waals surface area contributed by atoms with E-state index in [1.165, 1.54) is 12.1 Å². The van der Waals surface area contributed by atoms with E-state index in [9.17, 15) is 13.2 Å². The lowest BCUT2D eigenvalue weighted by molar-refractivity contribution is -0.137. The van der Waals surface area contributed by atoms with Crippen LogP contribution in [0.2, 0.25) is 0 Å². The smallest absolute Gasteiger partial charge is 0.385 e. The summed E-state index contributed by atoms with van der Waals surface area (Å²) in [7, 11) is 1.57. The van der Waals surface area contributed by atoms with Crippen molar-refractivity contribution in [1.29, 1.82) is 0 Å². The molecule has 0 saturated carbocycles. The van der Waals surface area contributed by atoms with Crippen molar-refractivity contribution in [3.05, 3.63) is 29.8 Å². The lowest BCUT2D eigenvalue weighted by Crippen LogP contribution is -2.28. The second-order valence-electron chi connectivity index (χ2n) is 4.01. The van der Waals surface area contributed by atoms with E-state index < -0.39 is 11.7 Å². The first-order valence-electron chi connectivity index (χ1n) is 5.59. The molecule has 0 fully saturated rings. The van der Waals surface area contributed by atoms with Crippen LogP contribution in [0, 0.1) is 0 Å². The number of anilines is 1. The second-order valence-corrected chi connectivity index (χ2v) is 4.01. The van der Waals surface area contributed by atoms with Gasteiger partial charge in [0, 0.05) is 25.4 Å². The SMILES string of the molecule is COCC(N)CCNc1ccc(C(F)(F)F)cc1. The van der Waals surface area contributed by atoms with E-state index in [0.717, 1.165) is 12.1 Å². The first-order chi connectivity index (χ1) is 8.43. The van der Waals surface area contributed by atoms with E-state index >= 15 is 0 Å². The molecule has 0 saturated heterocycles. The molecule has 1 atom stereocenters. The fraction of sp³-hybridized carbons (Fsp3) is 0.500. The Balaban J connectivity index is 2.40. The number of benzene rings is 1. The molecule has 1 aromatic carbocycles. The number of nitrogens with one attached hydrogen (secondary N) is 1. The molecule has 0 aliphatic heterocycles. The van der Waals surface area contributed by atoms with Gasteiger partial charge in [-0.25, -0.2) is 0 Å². The quantitative estimate of drug-likeness (QED) is 0.828. The Kier molecular flexibility index (Phi) is 5.43. The van der Waals surface area contributed by atoms with Gasteiger partial charge >= 0.3 is 6.18 Å². The predicted molar refractivity (Wildman–Crippen MR) is 64.4 cm³/mol. The fourth-order valence-electron chi connectivity index (χ4n) is 1.48. The van der Waals surface area contributed by atoms with E-state index in [-0.39, 0.29) is 6.04 Å². The monoisotopic (exact) mass is 262 g/mol. The zero-order valence-corrected chi connectivity index (χ0v) is 10.1.